The van der Waals surface area contributed by atoms with Crippen molar-refractivity contribution in [2.24, 2.45) is 17.8 Å². The second-order valence-electron chi connectivity index (χ2n) is 13.8. The van der Waals surface area contributed by atoms with Gasteiger partial charge in [0.25, 0.3) is 5.91 Å². The first kappa shape index (κ1) is 36.8. The van der Waals surface area contributed by atoms with Crippen LogP contribution in [0.1, 0.15) is 46.1 Å². The number of likely N-dealkylation sites (tertiary alicyclic amines) is 1. The smallest absolute Gasteiger partial charge is 0.253 e. The van der Waals surface area contributed by atoms with Crippen molar-refractivity contribution in [1.29, 1.82) is 0 Å². The molecule has 1 spiro atoms. The molecule has 3 aliphatic heterocycles. The van der Waals surface area contributed by atoms with Crippen molar-refractivity contribution in [2.45, 2.75) is 75.7 Å². The predicted octanol–water partition coefficient (Wildman–Crippen LogP) is 5.42. The molecule has 2 aromatic carbocycles. The number of ether oxygens (including phenoxy) is 1. The summed E-state index contributed by atoms with van der Waals surface area (Å²) in [6.07, 6.45) is 3.64. The van der Waals surface area contributed by atoms with Gasteiger partial charge in [-0.2, -0.15) is 0 Å². The third-order valence-electron chi connectivity index (χ3n) is 10.3. The Morgan fingerprint density at radius 1 is 1.02 bits per heavy atom. The van der Waals surface area contributed by atoms with Crippen molar-refractivity contribution in [3.05, 3.63) is 85.5 Å². The quantitative estimate of drug-likeness (QED) is 0.183. The highest BCUT2D eigenvalue weighted by atomic mass is 79.9. The molecule has 0 radical (unpaired) electrons. The van der Waals surface area contributed by atoms with Gasteiger partial charge in [-0.3, -0.25) is 14.4 Å². The fourth-order valence-electron chi connectivity index (χ4n) is 8.28. The van der Waals surface area contributed by atoms with E-state index in [9.17, 15) is 14.7 Å². The number of fused-ring (bicyclic) bond motifs is 1. The molecule has 10 heteroatoms. The molecular weight excluding hydrogens is 684 g/mol. The summed E-state index contributed by atoms with van der Waals surface area (Å²) in [7, 11) is 0. The maximum absolute atomic E-state index is 15.1. The van der Waals surface area contributed by atoms with Gasteiger partial charge in [0.2, 0.25) is 11.8 Å². The number of rotatable bonds is 16. The molecule has 3 unspecified atom stereocenters. The van der Waals surface area contributed by atoms with Crippen LogP contribution in [0.2, 0.25) is 0 Å². The fraction of sp³-hybridized carbons (Fsp3) is 0.513. The molecule has 2 aromatic rings. The number of aliphatic hydroxyl groups is 1. The van der Waals surface area contributed by atoms with Crippen LogP contribution in [0, 0.1) is 17.8 Å². The first-order valence-corrected chi connectivity index (χ1v) is 18.4. The average Bonchev–Trinajstić information content (AvgIpc) is 3.69. The standard InChI is InChI=1S/C39H51BrN4O5/c1-7-20-42(24-27-14-12-11-13-15-27)36(46)32-33-37(47)44(30(25-45)22-26(5)6)35(39(33)23-31(40)34(32)49-39)38(48)43(21-8-2)29-18-16-28(17-19-29)41(9-3)10-4/h7-8,11-19,26,30-35,45H,1-2,9-10,20-25H2,3-6H3/t30-,31?,32-,33+,34-,35?,39?/m1/s1. The highest BCUT2D eigenvalue weighted by molar-refractivity contribution is 9.09. The van der Waals surface area contributed by atoms with Gasteiger partial charge in [-0.25, -0.2) is 0 Å². The van der Waals surface area contributed by atoms with Crippen LogP contribution in [0.3, 0.4) is 0 Å². The number of amides is 3. The van der Waals surface area contributed by atoms with Gasteiger partial charge < -0.3 is 29.4 Å². The van der Waals surface area contributed by atoms with Gasteiger partial charge in [-0.1, -0.05) is 72.3 Å². The zero-order valence-electron chi connectivity index (χ0n) is 29.2. The lowest BCUT2D eigenvalue weighted by molar-refractivity contribution is -0.147. The Hall–Kier alpha value is -3.47. The predicted molar refractivity (Wildman–Crippen MR) is 197 cm³/mol. The van der Waals surface area contributed by atoms with Crippen molar-refractivity contribution >= 4 is 45.0 Å². The number of aliphatic hydroxyl groups excluding tert-OH is 1. The van der Waals surface area contributed by atoms with Crippen LogP contribution in [0.15, 0.2) is 79.9 Å². The summed E-state index contributed by atoms with van der Waals surface area (Å²) < 4.78 is 6.84. The van der Waals surface area contributed by atoms with E-state index in [1.807, 2.05) is 68.4 Å². The van der Waals surface area contributed by atoms with Crippen LogP contribution in [-0.2, 0) is 25.7 Å². The summed E-state index contributed by atoms with van der Waals surface area (Å²) in [6, 6.07) is 15.9. The average molecular weight is 736 g/mol. The molecule has 0 saturated carbocycles. The van der Waals surface area contributed by atoms with Crippen LogP contribution < -0.4 is 9.80 Å². The number of hydrogen-bond donors (Lipinski definition) is 1. The Kier molecular flexibility index (Phi) is 11.7. The molecule has 3 fully saturated rings. The zero-order chi connectivity index (χ0) is 35.5. The maximum atomic E-state index is 15.1. The summed E-state index contributed by atoms with van der Waals surface area (Å²) in [5.41, 5.74) is 1.43. The Morgan fingerprint density at radius 3 is 2.22 bits per heavy atom. The number of carbonyl (C=O) groups is 3. The molecule has 2 bridgehead atoms. The number of halogens is 1. The minimum Gasteiger partial charge on any atom is -0.394 e. The SMILES string of the molecule is C=CCN(Cc1ccccc1)C(=O)[C@H]1[C@@H]2OC3(CC2Br)C(C(=O)N(CC=C)c2ccc(N(CC)CC)cc2)N([C@@H](CO)CC(C)C)C(=O)[C@H]13. The summed E-state index contributed by atoms with van der Waals surface area (Å²) in [4.78, 5) is 51.5. The molecule has 9 nitrogen and oxygen atoms in total. The van der Waals surface area contributed by atoms with E-state index in [1.165, 1.54) is 0 Å². The lowest BCUT2D eigenvalue weighted by atomic mass is 9.70. The molecule has 1 N–H and O–H groups in total. The Labute approximate surface area is 299 Å². The minimum atomic E-state index is -1.26. The maximum Gasteiger partial charge on any atom is 0.253 e. The molecule has 0 aromatic heterocycles. The largest absolute Gasteiger partial charge is 0.394 e. The number of anilines is 2. The van der Waals surface area contributed by atoms with Gasteiger partial charge in [0.1, 0.15) is 11.6 Å². The van der Waals surface area contributed by atoms with Crippen molar-refractivity contribution in [3.8, 4) is 0 Å². The van der Waals surface area contributed by atoms with E-state index < -0.39 is 35.6 Å². The first-order chi connectivity index (χ1) is 23.6. The lowest BCUT2D eigenvalue weighted by Crippen LogP contribution is -2.59. The van der Waals surface area contributed by atoms with E-state index in [2.05, 4.69) is 47.8 Å². The zero-order valence-corrected chi connectivity index (χ0v) is 30.8. The van der Waals surface area contributed by atoms with E-state index in [0.717, 1.165) is 24.3 Å². The summed E-state index contributed by atoms with van der Waals surface area (Å²) in [6.45, 7) is 18.4. The Bertz CT molecular complexity index is 1500. The van der Waals surface area contributed by atoms with E-state index in [1.54, 1.807) is 26.9 Å². The fourth-order valence-corrected chi connectivity index (χ4v) is 9.22. The van der Waals surface area contributed by atoms with Gasteiger partial charge in [-0.15, -0.1) is 13.2 Å². The summed E-state index contributed by atoms with van der Waals surface area (Å²) >= 11 is 3.81. The number of benzene rings is 2. The highest BCUT2D eigenvalue weighted by Gasteiger charge is 2.77. The van der Waals surface area contributed by atoms with Crippen molar-refractivity contribution in [3.63, 3.8) is 0 Å². The molecule has 49 heavy (non-hydrogen) atoms. The molecule has 3 heterocycles. The van der Waals surface area contributed by atoms with E-state index >= 15 is 4.79 Å². The third kappa shape index (κ3) is 6.84. The normalized spacial score (nSPS) is 26.1. The third-order valence-corrected chi connectivity index (χ3v) is 11.2. The number of alkyl halides is 1. The molecule has 264 valence electrons. The second kappa shape index (κ2) is 15.6. The Morgan fingerprint density at radius 2 is 1.65 bits per heavy atom. The molecule has 5 rings (SSSR count). The highest BCUT2D eigenvalue weighted by Crippen LogP contribution is 2.61. The number of carbonyl (C=O) groups excluding carboxylic acids is 3. The van der Waals surface area contributed by atoms with E-state index in [0.29, 0.717) is 31.6 Å². The Balaban J connectivity index is 1.58. The lowest BCUT2D eigenvalue weighted by Gasteiger charge is -2.40. The van der Waals surface area contributed by atoms with Crippen molar-refractivity contribution in [1.82, 2.24) is 9.80 Å². The summed E-state index contributed by atoms with van der Waals surface area (Å²) in [5.74, 6) is -2.38. The molecule has 3 amide bonds. The number of hydrogen-bond acceptors (Lipinski definition) is 6. The molecule has 3 aliphatic rings. The van der Waals surface area contributed by atoms with Gasteiger partial charge in [-0.05, 0) is 62.4 Å². The molecule has 3 saturated heterocycles. The van der Waals surface area contributed by atoms with Crippen LogP contribution in [0.25, 0.3) is 0 Å². The monoisotopic (exact) mass is 734 g/mol. The number of nitrogens with zero attached hydrogens (tertiary/aromatic N) is 4. The van der Waals surface area contributed by atoms with Crippen LogP contribution in [0.5, 0.6) is 0 Å². The minimum absolute atomic E-state index is 0.142. The molecule has 7 atom stereocenters. The van der Waals surface area contributed by atoms with Gasteiger partial charge >= 0.3 is 0 Å². The first-order valence-electron chi connectivity index (χ1n) is 17.5. The van der Waals surface area contributed by atoms with Crippen LogP contribution in [-0.4, -0.2) is 94.0 Å². The molecular formula is C39H51BrN4O5. The topological polar surface area (TPSA) is 93.6 Å². The van der Waals surface area contributed by atoms with Crippen molar-refractivity contribution in [2.75, 3.05) is 42.6 Å². The van der Waals surface area contributed by atoms with Gasteiger partial charge in [0.05, 0.1) is 30.6 Å². The van der Waals surface area contributed by atoms with Gasteiger partial charge in [0.15, 0.2) is 0 Å². The summed E-state index contributed by atoms with van der Waals surface area (Å²) in [5, 5.41) is 10.7. The molecule has 0 aliphatic carbocycles. The van der Waals surface area contributed by atoms with Crippen molar-refractivity contribution < 1.29 is 24.2 Å². The van der Waals surface area contributed by atoms with E-state index in [-0.39, 0.29) is 41.6 Å². The second-order valence-corrected chi connectivity index (χ2v) is 15.0. The van der Waals surface area contributed by atoms with Crippen LogP contribution >= 0.6 is 15.9 Å². The van der Waals surface area contributed by atoms with Crippen LogP contribution in [0.4, 0.5) is 11.4 Å². The van der Waals surface area contributed by atoms with E-state index in [4.69, 9.17) is 4.74 Å². The van der Waals surface area contributed by atoms with Gasteiger partial charge in [0, 0.05) is 48.9 Å².